The van der Waals surface area contributed by atoms with Crippen molar-refractivity contribution in [3.8, 4) is 44.6 Å². The molecule has 11 rings (SSSR count). The third-order valence-corrected chi connectivity index (χ3v) is 16.9. The lowest BCUT2D eigenvalue weighted by Crippen LogP contribution is -2.50. The number of carbonyl (C=O) groups is 2. The molecule has 3 fully saturated rings. The summed E-state index contributed by atoms with van der Waals surface area (Å²) in [4.78, 5) is 47.8. The number of nitrogens with one attached hydrogen (secondary N) is 3. The quantitative estimate of drug-likeness (QED) is 0.0487. The van der Waals surface area contributed by atoms with Crippen molar-refractivity contribution in [2.75, 3.05) is 51.9 Å². The van der Waals surface area contributed by atoms with Gasteiger partial charge in [-0.25, -0.2) is 14.1 Å². The maximum Gasteiger partial charge on any atom is 0.319 e. The Balaban J connectivity index is 0.872. The summed E-state index contributed by atoms with van der Waals surface area (Å²) in [6.07, 6.45) is 5.20. The maximum absolute atomic E-state index is 16.1. The lowest BCUT2D eigenvalue weighted by Gasteiger charge is -2.30. The van der Waals surface area contributed by atoms with Gasteiger partial charge >= 0.3 is 6.01 Å². The average Bonchev–Trinajstić information content (AvgIpc) is 3.62. The van der Waals surface area contributed by atoms with Crippen LogP contribution in [0.3, 0.4) is 0 Å². The Morgan fingerprint density at radius 2 is 1.76 bits per heavy atom. The number of carbonyl (C=O) groups excluding carboxylic acids is 2. The molecule has 8 aromatic rings. The number of thiazole rings is 1. The van der Waals surface area contributed by atoms with E-state index < -0.39 is 30.1 Å². The Kier molecular flexibility index (Phi) is 15.7. The molecule has 0 bridgehead atoms. The number of amides is 2. The molecule has 1 aliphatic carbocycles. The molecule has 2 saturated heterocycles. The molecule has 0 unspecified atom stereocenters. The lowest BCUT2D eigenvalue weighted by atomic mass is 9.88. The van der Waals surface area contributed by atoms with Crippen molar-refractivity contribution in [1.29, 1.82) is 0 Å². The first-order chi connectivity index (χ1) is 38.7. The molecule has 2 aliphatic heterocycles. The summed E-state index contributed by atoms with van der Waals surface area (Å²) in [5.74, 6) is -0.113. The van der Waals surface area contributed by atoms with E-state index in [9.17, 15) is 19.8 Å². The van der Waals surface area contributed by atoms with Gasteiger partial charge in [0.15, 0.2) is 5.75 Å². The number of aromatic amines is 1. The monoisotopic (exact) mass is 1110 g/mol. The van der Waals surface area contributed by atoms with Crippen LogP contribution in [-0.4, -0.2) is 138 Å². The Hall–Kier alpha value is -7.43. The number of rotatable bonds is 20. The largest absolute Gasteiger partial charge is 0.486 e. The van der Waals surface area contributed by atoms with E-state index in [0.29, 0.717) is 45.0 Å². The van der Waals surface area contributed by atoms with Crippen LogP contribution in [0.15, 0.2) is 78.6 Å². The topological polar surface area (TPSA) is 231 Å². The van der Waals surface area contributed by atoms with Crippen molar-refractivity contribution in [3.63, 3.8) is 0 Å². The number of halogens is 1. The second-order valence-corrected chi connectivity index (χ2v) is 22.6. The lowest BCUT2D eigenvalue weighted by molar-refractivity contribution is -0.142. The number of β-amino-alcohol motifs (C(OH)–C–C–N with tert-alkyl or cyclic N) is 1. The van der Waals surface area contributed by atoms with E-state index in [-0.39, 0.29) is 74.5 Å². The summed E-state index contributed by atoms with van der Waals surface area (Å²) >= 11 is 1.54. The number of hydrogen-bond donors (Lipinski definition) is 5. The van der Waals surface area contributed by atoms with Crippen LogP contribution < -0.4 is 25.0 Å². The summed E-state index contributed by atoms with van der Waals surface area (Å²) in [6, 6.07) is 16.7. The highest BCUT2D eigenvalue weighted by atomic mass is 32.1. The van der Waals surface area contributed by atoms with Gasteiger partial charge in [-0.3, -0.25) is 14.7 Å². The second-order valence-electron chi connectivity index (χ2n) is 21.8. The van der Waals surface area contributed by atoms with Gasteiger partial charge in [0.2, 0.25) is 11.8 Å². The molecule has 4 aromatic carbocycles. The van der Waals surface area contributed by atoms with Gasteiger partial charge < -0.3 is 44.9 Å². The van der Waals surface area contributed by atoms with E-state index >= 15 is 4.39 Å². The predicted octanol–water partition coefficient (Wildman–Crippen LogP) is 7.99. The number of ether oxygens (including phenoxy) is 3. The Bertz CT molecular complexity index is 3540. The van der Waals surface area contributed by atoms with Crippen molar-refractivity contribution in [2.45, 2.75) is 109 Å². The first-order valence-corrected chi connectivity index (χ1v) is 28.2. The van der Waals surface area contributed by atoms with Gasteiger partial charge in [-0.1, -0.05) is 67.6 Å². The van der Waals surface area contributed by atoms with Crippen molar-refractivity contribution >= 4 is 50.8 Å². The molecular weight excluding hydrogens is 1040 g/mol. The molecular formula is C59H67FN12O7S. The second kappa shape index (κ2) is 23.0. The number of likely N-dealkylation sites (tertiary alicyclic amines) is 1. The SMILES string of the molecule is CO[C@H](C)COc1nc(N(C)[C@H]2CCNC2)c2cc(C3CC3)c(-c3c(C)c(F)cc4[nH]ncc34)c(OCc3ccc(-c4cn([C@H](C(=O)N5C[C@H](O)C[C@H]5C(=O)N[C@@H](CO)c5ccc(-c6scnc6C)cc5)C(C)C)nn4)cc3)c2n1. The van der Waals surface area contributed by atoms with Crippen LogP contribution in [-0.2, 0) is 20.9 Å². The molecule has 3 aliphatic rings. The molecule has 21 heteroatoms. The van der Waals surface area contributed by atoms with Crippen molar-refractivity contribution < 1.29 is 38.4 Å². The van der Waals surface area contributed by atoms with Gasteiger partial charge in [-0.05, 0) is 98.4 Å². The summed E-state index contributed by atoms with van der Waals surface area (Å²) in [6.45, 7) is 11.1. The number of hydrogen-bond acceptors (Lipinski definition) is 16. The summed E-state index contributed by atoms with van der Waals surface area (Å²) < 4.78 is 36.5. The number of fused-ring (bicyclic) bond motifs is 2. The molecule has 1 saturated carbocycles. The highest BCUT2D eigenvalue weighted by Crippen LogP contribution is 2.53. The summed E-state index contributed by atoms with van der Waals surface area (Å²) in [7, 11) is 3.68. The smallest absolute Gasteiger partial charge is 0.319 e. The summed E-state index contributed by atoms with van der Waals surface area (Å²) in [5, 5.41) is 45.6. The van der Waals surface area contributed by atoms with Crippen LogP contribution >= 0.6 is 11.3 Å². The van der Waals surface area contributed by atoms with E-state index in [4.69, 9.17) is 24.2 Å². The molecule has 2 amide bonds. The minimum absolute atomic E-state index is 0.0401. The Labute approximate surface area is 466 Å². The van der Waals surface area contributed by atoms with E-state index in [1.54, 1.807) is 31.9 Å². The van der Waals surface area contributed by atoms with Crippen LogP contribution in [0.4, 0.5) is 10.2 Å². The van der Waals surface area contributed by atoms with E-state index in [1.165, 1.54) is 27.0 Å². The number of aryl methyl sites for hydroxylation is 1. The van der Waals surface area contributed by atoms with E-state index in [1.807, 2.05) is 76.2 Å². The molecule has 80 heavy (non-hydrogen) atoms. The third kappa shape index (κ3) is 10.8. The van der Waals surface area contributed by atoms with Crippen LogP contribution in [0.5, 0.6) is 11.8 Å². The fourth-order valence-electron chi connectivity index (χ4n) is 11.2. The molecule has 6 atom stereocenters. The number of H-pyrrole nitrogens is 1. The number of aromatic nitrogens is 8. The number of benzene rings is 4. The van der Waals surface area contributed by atoms with Gasteiger partial charge in [-0.2, -0.15) is 15.1 Å². The molecule has 4 aromatic heterocycles. The number of aliphatic hydroxyl groups is 2. The van der Waals surface area contributed by atoms with Gasteiger partial charge in [0.05, 0.1) is 58.8 Å². The van der Waals surface area contributed by atoms with Crippen LogP contribution in [0.2, 0.25) is 0 Å². The zero-order chi connectivity index (χ0) is 55.9. The number of nitrogens with zero attached hydrogens (tertiary/aromatic N) is 9. The van der Waals surface area contributed by atoms with Crippen molar-refractivity contribution in [3.05, 3.63) is 112 Å². The van der Waals surface area contributed by atoms with Gasteiger partial charge in [0.25, 0.3) is 0 Å². The molecule has 418 valence electrons. The van der Waals surface area contributed by atoms with Gasteiger partial charge in [-0.15, -0.1) is 16.4 Å². The first kappa shape index (κ1) is 54.5. The zero-order valence-electron chi connectivity index (χ0n) is 45.9. The van der Waals surface area contributed by atoms with Crippen molar-refractivity contribution in [1.82, 2.24) is 55.7 Å². The third-order valence-electron chi connectivity index (χ3n) is 15.9. The highest BCUT2D eigenvalue weighted by molar-refractivity contribution is 7.13. The average molecular weight is 1110 g/mol. The highest BCUT2D eigenvalue weighted by Gasteiger charge is 2.43. The van der Waals surface area contributed by atoms with Crippen LogP contribution in [0, 0.1) is 25.6 Å². The molecule has 6 heterocycles. The van der Waals surface area contributed by atoms with Crippen LogP contribution in [0.25, 0.3) is 54.6 Å². The van der Waals surface area contributed by atoms with Gasteiger partial charge in [0.1, 0.15) is 48.1 Å². The standard InChI is InChI=1S/C59H67FN12O7S/c1-31(2)53(58(76)71-25-41(74)20-49(71)57(75)64-48(27-73)38-14-16-39(17-15-38)55-34(5)62-30-80-55)72-26-47(68-69-72)37-10-8-35(9-11-37)29-78-54-51(50-33(4)45(60)22-46-44(50)24-63-67-46)42(36-12-13-36)21-43-52(54)65-59(79-28-32(3)77-7)66-56(43)70(6)40-18-19-61-23-40/h8-11,14-17,21-22,24,26,30-32,36,40-41,48-49,53,61,73-74H,12-13,18-20,23,25,27-29H2,1-7H3,(H,63,67)(H,64,75)/t32-,40+,41-,48+,49+,53+/m1/s1. The number of methoxy groups -OCH3 is 1. The van der Waals surface area contributed by atoms with E-state index in [2.05, 4.69) is 54.1 Å². The number of aliphatic hydroxyl groups excluding tert-OH is 2. The fourth-order valence-corrected chi connectivity index (χ4v) is 12.0. The molecule has 19 nitrogen and oxygen atoms in total. The maximum atomic E-state index is 16.1. The van der Waals surface area contributed by atoms with Crippen molar-refractivity contribution in [2.24, 2.45) is 5.92 Å². The minimum atomic E-state index is -0.982. The molecule has 5 N–H and O–H groups in total. The van der Waals surface area contributed by atoms with Gasteiger partial charge in [0, 0.05) is 67.2 Å². The molecule has 0 spiro atoms. The van der Waals surface area contributed by atoms with Crippen LogP contribution in [0.1, 0.15) is 92.4 Å². The Morgan fingerprint density at radius 1 is 0.988 bits per heavy atom. The summed E-state index contributed by atoms with van der Waals surface area (Å²) in [5.41, 5.74) is 10.5. The predicted molar refractivity (Wildman–Crippen MR) is 303 cm³/mol. The number of likely N-dealkylation sites (N-methyl/N-ethyl adjacent to an activating group) is 1. The zero-order valence-corrected chi connectivity index (χ0v) is 46.8. The number of anilines is 1. The van der Waals surface area contributed by atoms with E-state index in [0.717, 1.165) is 81.5 Å². The normalized spacial score (nSPS) is 18.5. The molecule has 0 radical (unpaired) electrons. The Morgan fingerprint density at radius 3 is 2.45 bits per heavy atom. The fraction of sp³-hybridized carbons (Fsp3) is 0.424. The first-order valence-electron chi connectivity index (χ1n) is 27.3. The minimum Gasteiger partial charge on any atom is -0.486 e.